The number of hydrogen-bond acceptors (Lipinski definition) is 5. The number of aromatic nitrogens is 2. The minimum atomic E-state index is -0.890. The third-order valence-corrected chi connectivity index (χ3v) is 4.67. The van der Waals surface area contributed by atoms with E-state index in [-0.39, 0.29) is 0 Å². The fourth-order valence-corrected chi connectivity index (χ4v) is 3.44. The van der Waals surface area contributed by atoms with Crippen LogP contribution in [0.15, 0.2) is 23.8 Å². The van der Waals surface area contributed by atoms with Gasteiger partial charge in [-0.3, -0.25) is 0 Å². The number of fused-ring (bicyclic) bond motifs is 1. The third-order valence-electron chi connectivity index (χ3n) is 3.73. The Morgan fingerprint density at radius 1 is 1.29 bits per heavy atom. The fraction of sp³-hybridized carbons (Fsp3) is 0.400. The molecule has 0 radical (unpaired) electrons. The van der Waals surface area contributed by atoms with Crippen molar-refractivity contribution in [1.29, 1.82) is 0 Å². The molecule has 0 saturated carbocycles. The molecule has 0 aliphatic heterocycles. The average Bonchev–Trinajstić information content (AvgIpc) is 2.88. The lowest BCUT2D eigenvalue weighted by atomic mass is 10.1. The zero-order valence-electron chi connectivity index (χ0n) is 11.6. The topological polar surface area (TPSA) is 75.1 Å². The van der Waals surface area contributed by atoms with Gasteiger partial charge in [0.15, 0.2) is 6.04 Å². The van der Waals surface area contributed by atoms with E-state index < -0.39 is 12.0 Å². The largest absolute Gasteiger partial charge is 0.479 e. The Hall–Kier alpha value is -1.95. The van der Waals surface area contributed by atoms with E-state index in [1.165, 1.54) is 24.1 Å². The molecule has 6 heteroatoms. The smallest absolute Gasteiger partial charge is 0.331 e. The van der Waals surface area contributed by atoms with Crippen LogP contribution in [-0.4, -0.2) is 21.0 Å². The minimum absolute atomic E-state index is 0.669. The second kappa shape index (κ2) is 6.22. The summed E-state index contributed by atoms with van der Waals surface area (Å²) in [5.41, 5.74) is 2.14. The van der Waals surface area contributed by atoms with Crippen molar-refractivity contribution < 1.29 is 9.90 Å². The summed E-state index contributed by atoms with van der Waals surface area (Å²) in [5.74, 6) is -0.221. The monoisotopic (exact) mass is 303 g/mol. The number of aliphatic carboxylic acids is 1. The number of carboxylic acid groups (broad SMARTS) is 1. The number of thiophene rings is 1. The summed E-state index contributed by atoms with van der Waals surface area (Å²) < 4.78 is 0. The molecule has 0 aromatic carbocycles. The molecular formula is C15H17N3O2S. The van der Waals surface area contributed by atoms with E-state index in [2.05, 4.69) is 15.3 Å². The zero-order valence-corrected chi connectivity index (χ0v) is 12.4. The predicted octanol–water partition coefficient (Wildman–Crippen LogP) is 3.04. The first kappa shape index (κ1) is 14.0. The molecule has 2 aromatic rings. The first-order valence-electron chi connectivity index (χ1n) is 7.11. The molecule has 0 amide bonds. The third kappa shape index (κ3) is 3.05. The maximum Gasteiger partial charge on any atom is 0.331 e. The summed E-state index contributed by atoms with van der Waals surface area (Å²) in [7, 11) is 0. The molecule has 2 aromatic heterocycles. The summed E-state index contributed by atoms with van der Waals surface area (Å²) >= 11 is 1.43. The van der Waals surface area contributed by atoms with Gasteiger partial charge in [-0.2, -0.15) is 0 Å². The molecule has 110 valence electrons. The number of rotatable bonds is 4. The molecule has 3 rings (SSSR count). The highest BCUT2D eigenvalue weighted by Gasteiger charge is 2.23. The van der Waals surface area contributed by atoms with Crippen LogP contribution >= 0.6 is 11.3 Å². The second-order valence-corrected chi connectivity index (χ2v) is 6.12. The van der Waals surface area contributed by atoms with Crippen molar-refractivity contribution in [1.82, 2.24) is 9.97 Å². The van der Waals surface area contributed by atoms with Crippen molar-refractivity contribution in [3.8, 4) is 0 Å². The Bertz CT molecular complexity index is 628. The van der Waals surface area contributed by atoms with E-state index >= 15 is 0 Å². The highest BCUT2D eigenvalue weighted by atomic mass is 32.1. The van der Waals surface area contributed by atoms with Crippen molar-refractivity contribution in [2.45, 2.75) is 38.1 Å². The Morgan fingerprint density at radius 2 is 2.14 bits per heavy atom. The Kier molecular flexibility index (Phi) is 4.15. The molecule has 0 fully saturated rings. The molecule has 1 aliphatic rings. The lowest BCUT2D eigenvalue weighted by Crippen LogP contribution is -2.21. The van der Waals surface area contributed by atoms with E-state index in [0.29, 0.717) is 5.82 Å². The van der Waals surface area contributed by atoms with Gasteiger partial charge >= 0.3 is 5.97 Å². The molecule has 1 unspecified atom stereocenters. The van der Waals surface area contributed by atoms with Crippen LogP contribution in [0.5, 0.6) is 0 Å². The van der Waals surface area contributed by atoms with Gasteiger partial charge in [-0.05, 0) is 37.1 Å². The van der Waals surface area contributed by atoms with Crippen molar-refractivity contribution in [3.63, 3.8) is 0 Å². The summed E-state index contributed by atoms with van der Waals surface area (Å²) in [4.78, 5) is 21.0. The Balaban J connectivity index is 1.91. The average molecular weight is 303 g/mol. The number of carbonyl (C=O) groups is 1. The van der Waals surface area contributed by atoms with Crippen LogP contribution in [-0.2, 0) is 17.6 Å². The number of nitrogens with zero attached hydrogens (tertiary/aromatic N) is 2. The molecule has 0 spiro atoms. The highest BCUT2D eigenvalue weighted by Crippen LogP contribution is 2.28. The van der Waals surface area contributed by atoms with Crippen molar-refractivity contribution >= 4 is 23.1 Å². The molecule has 2 N–H and O–H groups in total. The summed E-state index contributed by atoms with van der Waals surface area (Å²) in [6.45, 7) is 0. The van der Waals surface area contributed by atoms with Crippen molar-refractivity contribution in [3.05, 3.63) is 40.0 Å². The highest BCUT2D eigenvalue weighted by molar-refractivity contribution is 7.10. The van der Waals surface area contributed by atoms with Gasteiger partial charge in [-0.15, -0.1) is 11.3 Å². The Labute approximate surface area is 127 Å². The van der Waals surface area contributed by atoms with E-state index in [9.17, 15) is 9.90 Å². The van der Waals surface area contributed by atoms with Crippen LogP contribution in [0.2, 0.25) is 0 Å². The molecule has 5 nitrogen and oxygen atoms in total. The normalized spacial score (nSPS) is 15.8. The maximum atomic E-state index is 11.5. The molecule has 0 bridgehead atoms. The lowest BCUT2D eigenvalue weighted by molar-refractivity contribution is -0.138. The number of anilines is 1. The number of carboxylic acids is 1. The van der Waals surface area contributed by atoms with Crippen LogP contribution in [0.4, 0.5) is 5.82 Å². The van der Waals surface area contributed by atoms with Gasteiger partial charge in [0.2, 0.25) is 0 Å². The summed E-state index contributed by atoms with van der Waals surface area (Å²) in [6.07, 6.45) is 6.81. The lowest BCUT2D eigenvalue weighted by Gasteiger charge is -2.17. The van der Waals surface area contributed by atoms with Gasteiger partial charge in [-0.1, -0.05) is 12.5 Å². The van der Waals surface area contributed by atoms with Gasteiger partial charge in [0.05, 0.1) is 0 Å². The first-order valence-corrected chi connectivity index (χ1v) is 7.99. The SMILES string of the molecule is O=C(O)C(Nc1ncnc2c1CCCCC2)c1cccs1. The summed E-state index contributed by atoms with van der Waals surface area (Å²) in [5, 5.41) is 14.4. The van der Waals surface area contributed by atoms with E-state index in [0.717, 1.165) is 41.8 Å². The standard InChI is InChI=1S/C15H17N3O2S/c19-15(20)13(12-7-4-8-21-12)18-14-10-5-2-1-3-6-11(10)16-9-17-14/h4,7-9,13H,1-3,5-6H2,(H,19,20)(H,16,17,18). The van der Waals surface area contributed by atoms with E-state index in [1.807, 2.05) is 17.5 Å². The number of aryl methyl sites for hydroxylation is 1. The molecule has 21 heavy (non-hydrogen) atoms. The van der Waals surface area contributed by atoms with Crippen LogP contribution < -0.4 is 5.32 Å². The van der Waals surface area contributed by atoms with Crippen molar-refractivity contribution in [2.24, 2.45) is 0 Å². The van der Waals surface area contributed by atoms with Gasteiger partial charge in [0.1, 0.15) is 12.1 Å². The van der Waals surface area contributed by atoms with Crippen LogP contribution in [0.3, 0.4) is 0 Å². The molecule has 1 aliphatic carbocycles. The van der Waals surface area contributed by atoms with Crippen LogP contribution in [0.25, 0.3) is 0 Å². The maximum absolute atomic E-state index is 11.5. The van der Waals surface area contributed by atoms with Gasteiger partial charge in [-0.25, -0.2) is 14.8 Å². The quantitative estimate of drug-likeness (QED) is 0.849. The van der Waals surface area contributed by atoms with Gasteiger partial charge < -0.3 is 10.4 Å². The Morgan fingerprint density at radius 3 is 2.90 bits per heavy atom. The summed E-state index contributed by atoms with van der Waals surface area (Å²) in [6, 6.07) is 2.93. The van der Waals surface area contributed by atoms with E-state index in [1.54, 1.807) is 0 Å². The van der Waals surface area contributed by atoms with Gasteiger partial charge in [0.25, 0.3) is 0 Å². The van der Waals surface area contributed by atoms with Crippen LogP contribution in [0.1, 0.15) is 41.4 Å². The molecule has 1 atom stereocenters. The van der Waals surface area contributed by atoms with Crippen molar-refractivity contribution in [2.75, 3.05) is 5.32 Å². The number of nitrogens with one attached hydrogen (secondary N) is 1. The first-order chi connectivity index (χ1) is 10.3. The van der Waals surface area contributed by atoms with E-state index in [4.69, 9.17) is 0 Å². The zero-order chi connectivity index (χ0) is 14.7. The fourth-order valence-electron chi connectivity index (χ4n) is 2.67. The number of hydrogen-bond donors (Lipinski definition) is 2. The molecular weight excluding hydrogens is 286 g/mol. The predicted molar refractivity (Wildman–Crippen MR) is 81.6 cm³/mol. The molecule has 0 saturated heterocycles. The minimum Gasteiger partial charge on any atom is -0.479 e. The second-order valence-electron chi connectivity index (χ2n) is 5.14. The van der Waals surface area contributed by atoms with Crippen LogP contribution in [0, 0.1) is 0 Å². The van der Waals surface area contributed by atoms with Gasteiger partial charge in [0, 0.05) is 16.1 Å². The molecule has 2 heterocycles.